The number of benzene rings is 1. The lowest BCUT2D eigenvalue weighted by molar-refractivity contribution is 0.0125. The summed E-state index contributed by atoms with van der Waals surface area (Å²) in [6, 6.07) is 4.59. The second-order valence-corrected chi connectivity index (χ2v) is 5.73. The quantitative estimate of drug-likeness (QED) is 0.898. The molecule has 17 heavy (non-hydrogen) atoms. The Bertz CT molecular complexity index is 361. The maximum absolute atomic E-state index is 13.2. The molecule has 1 aromatic rings. The van der Waals surface area contributed by atoms with Crippen molar-refractivity contribution in [2.75, 3.05) is 7.11 Å². The van der Waals surface area contributed by atoms with Gasteiger partial charge >= 0.3 is 0 Å². The second-order valence-electron chi connectivity index (χ2n) is 4.81. The van der Waals surface area contributed by atoms with Crippen LogP contribution in [0.5, 0.6) is 0 Å². The maximum atomic E-state index is 13.2. The van der Waals surface area contributed by atoms with E-state index in [1.165, 1.54) is 12.1 Å². The molecule has 96 valence electrons. The number of ether oxygens (including phenoxy) is 1. The van der Waals surface area contributed by atoms with Crippen LogP contribution < -0.4 is 5.73 Å². The van der Waals surface area contributed by atoms with E-state index in [0.29, 0.717) is 4.47 Å². The summed E-state index contributed by atoms with van der Waals surface area (Å²) >= 11 is 3.27. The molecule has 0 heterocycles. The zero-order valence-corrected chi connectivity index (χ0v) is 12.1. The van der Waals surface area contributed by atoms with Gasteiger partial charge < -0.3 is 10.5 Å². The van der Waals surface area contributed by atoms with E-state index >= 15 is 0 Å². The third kappa shape index (κ3) is 4.74. The van der Waals surface area contributed by atoms with Gasteiger partial charge in [-0.15, -0.1) is 0 Å². The van der Waals surface area contributed by atoms with Gasteiger partial charge in [0.05, 0.1) is 5.60 Å². The van der Waals surface area contributed by atoms with Crippen LogP contribution in [0, 0.1) is 5.82 Å². The van der Waals surface area contributed by atoms with Gasteiger partial charge in [-0.1, -0.05) is 15.9 Å². The largest absolute Gasteiger partial charge is 0.379 e. The second kappa shape index (κ2) is 5.94. The first kappa shape index (κ1) is 14.6. The van der Waals surface area contributed by atoms with E-state index < -0.39 is 0 Å². The highest BCUT2D eigenvalue weighted by molar-refractivity contribution is 9.10. The molecule has 0 spiro atoms. The van der Waals surface area contributed by atoms with Crippen LogP contribution in [0.25, 0.3) is 0 Å². The van der Waals surface area contributed by atoms with Crippen molar-refractivity contribution in [2.45, 2.75) is 38.3 Å². The first-order chi connectivity index (χ1) is 7.84. The highest BCUT2D eigenvalue weighted by atomic mass is 79.9. The lowest BCUT2D eigenvalue weighted by atomic mass is 9.95. The van der Waals surface area contributed by atoms with Crippen molar-refractivity contribution >= 4 is 15.9 Å². The first-order valence-corrected chi connectivity index (χ1v) is 6.40. The molecule has 1 rings (SSSR count). The Kier molecular flexibility index (Phi) is 5.10. The predicted molar refractivity (Wildman–Crippen MR) is 71.4 cm³/mol. The van der Waals surface area contributed by atoms with E-state index in [1.54, 1.807) is 7.11 Å². The van der Waals surface area contributed by atoms with Gasteiger partial charge in [-0.25, -0.2) is 4.39 Å². The van der Waals surface area contributed by atoms with E-state index in [9.17, 15) is 4.39 Å². The smallest absolute Gasteiger partial charge is 0.124 e. The molecule has 2 N–H and O–H groups in total. The minimum absolute atomic E-state index is 0.170. The third-order valence-corrected chi connectivity index (χ3v) is 3.38. The van der Waals surface area contributed by atoms with Crippen LogP contribution in [0.4, 0.5) is 4.39 Å². The minimum atomic E-state index is -0.268. The Morgan fingerprint density at radius 1 is 1.41 bits per heavy atom. The Hall–Kier alpha value is -0.450. The third-order valence-electron chi connectivity index (χ3n) is 2.92. The SMILES string of the molecule is COC(C)(C)CCC(N)c1cc(F)cc(Br)c1. The molecule has 0 aliphatic carbocycles. The Balaban J connectivity index is 2.67. The van der Waals surface area contributed by atoms with Crippen LogP contribution in [0.15, 0.2) is 22.7 Å². The number of hydrogen-bond acceptors (Lipinski definition) is 2. The molecule has 2 nitrogen and oxygen atoms in total. The summed E-state index contributed by atoms with van der Waals surface area (Å²) in [6.07, 6.45) is 1.59. The maximum Gasteiger partial charge on any atom is 0.124 e. The summed E-state index contributed by atoms with van der Waals surface area (Å²) in [6.45, 7) is 4.03. The molecule has 0 bridgehead atoms. The molecule has 0 fully saturated rings. The van der Waals surface area contributed by atoms with Gasteiger partial charge in [-0.2, -0.15) is 0 Å². The van der Waals surface area contributed by atoms with Crippen LogP contribution in [0.3, 0.4) is 0 Å². The van der Waals surface area contributed by atoms with Gasteiger partial charge in [0.2, 0.25) is 0 Å². The summed E-state index contributed by atoms with van der Waals surface area (Å²) < 4.78 is 19.3. The first-order valence-electron chi connectivity index (χ1n) is 5.61. The van der Waals surface area contributed by atoms with Crippen LogP contribution in [-0.4, -0.2) is 12.7 Å². The molecule has 0 aromatic heterocycles. The van der Waals surface area contributed by atoms with Crippen LogP contribution in [-0.2, 0) is 4.74 Å². The monoisotopic (exact) mass is 303 g/mol. The van der Waals surface area contributed by atoms with Crippen LogP contribution in [0.1, 0.15) is 38.3 Å². The zero-order valence-electron chi connectivity index (χ0n) is 10.5. The normalized spacial score (nSPS) is 13.8. The number of hydrogen-bond donors (Lipinski definition) is 1. The van der Waals surface area contributed by atoms with Gasteiger partial charge in [0.1, 0.15) is 5.82 Å². The average molecular weight is 304 g/mol. The molecule has 4 heteroatoms. The lowest BCUT2D eigenvalue weighted by Gasteiger charge is -2.24. The fraction of sp³-hybridized carbons (Fsp3) is 0.538. The van der Waals surface area contributed by atoms with Crippen molar-refractivity contribution < 1.29 is 9.13 Å². The summed E-state index contributed by atoms with van der Waals surface area (Å²) in [5.41, 5.74) is 6.67. The molecule has 0 saturated carbocycles. The zero-order chi connectivity index (χ0) is 13.1. The highest BCUT2D eigenvalue weighted by Gasteiger charge is 2.18. The fourth-order valence-electron chi connectivity index (χ4n) is 1.56. The molecule has 0 aliphatic rings. The van der Waals surface area contributed by atoms with Crippen molar-refractivity contribution in [3.63, 3.8) is 0 Å². The van der Waals surface area contributed by atoms with Gasteiger partial charge in [0, 0.05) is 17.6 Å². The van der Waals surface area contributed by atoms with Crippen molar-refractivity contribution in [2.24, 2.45) is 5.73 Å². The summed E-state index contributed by atoms with van der Waals surface area (Å²) in [5.74, 6) is -0.268. The minimum Gasteiger partial charge on any atom is -0.379 e. The number of halogens is 2. The highest BCUT2D eigenvalue weighted by Crippen LogP contribution is 2.25. The molecule has 0 radical (unpaired) electrons. The van der Waals surface area contributed by atoms with Gasteiger partial charge in [0.15, 0.2) is 0 Å². The summed E-state index contributed by atoms with van der Waals surface area (Å²) in [5, 5.41) is 0. The molecule has 0 saturated heterocycles. The van der Waals surface area contributed by atoms with Crippen LogP contribution >= 0.6 is 15.9 Å². The molecule has 0 aliphatic heterocycles. The van der Waals surface area contributed by atoms with Crippen LogP contribution in [0.2, 0.25) is 0 Å². The van der Waals surface area contributed by atoms with E-state index in [-0.39, 0.29) is 17.5 Å². The summed E-state index contributed by atoms with van der Waals surface area (Å²) in [7, 11) is 1.68. The Morgan fingerprint density at radius 3 is 2.59 bits per heavy atom. The van der Waals surface area contributed by atoms with Crippen molar-refractivity contribution in [3.8, 4) is 0 Å². The topological polar surface area (TPSA) is 35.2 Å². The molecular weight excluding hydrogens is 285 g/mol. The number of nitrogens with two attached hydrogens (primary N) is 1. The van der Waals surface area contributed by atoms with E-state index in [2.05, 4.69) is 15.9 Å². The van der Waals surface area contributed by atoms with E-state index in [4.69, 9.17) is 10.5 Å². The Morgan fingerprint density at radius 2 is 2.06 bits per heavy atom. The molecular formula is C13H19BrFNO. The average Bonchev–Trinajstić information content (AvgIpc) is 2.24. The van der Waals surface area contributed by atoms with Gasteiger partial charge in [-0.05, 0) is 50.5 Å². The molecule has 1 atom stereocenters. The number of methoxy groups -OCH3 is 1. The van der Waals surface area contributed by atoms with Gasteiger partial charge in [0.25, 0.3) is 0 Å². The van der Waals surface area contributed by atoms with E-state index in [0.717, 1.165) is 18.4 Å². The standard InChI is InChI=1S/C13H19BrFNO/c1-13(2,17-3)5-4-12(16)9-6-10(14)8-11(15)7-9/h6-8,12H,4-5,16H2,1-3H3. The van der Waals surface area contributed by atoms with E-state index in [1.807, 2.05) is 19.9 Å². The molecule has 1 aromatic carbocycles. The molecule has 1 unspecified atom stereocenters. The number of rotatable bonds is 5. The van der Waals surface area contributed by atoms with Gasteiger partial charge in [-0.3, -0.25) is 0 Å². The summed E-state index contributed by atoms with van der Waals surface area (Å²) in [4.78, 5) is 0. The predicted octanol–water partition coefficient (Wildman–Crippen LogP) is 3.79. The lowest BCUT2D eigenvalue weighted by Crippen LogP contribution is -2.24. The Labute approximate surface area is 110 Å². The molecule has 0 amide bonds. The van der Waals surface area contributed by atoms with Crippen molar-refractivity contribution in [1.82, 2.24) is 0 Å². The fourth-order valence-corrected chi connectivity index (χ4v) is 2.04. The van der Waals surface area contributed by atoms with Crippen molar-refractivity contribution in [1.29, 1.82) is 0 Å². The van der Waals surface area contributed by atoms with Crippen molar-refractivity contribution in [3.05, 3.63) is 34.1 Å².